The van der Waals surface area contributed by atoms with Crippen molar-refractivity contribution in [2.24, 2.45) is 0 Å². The molecule has 0 spiro atoms. The molecule has 0 saturated carbocycles. The number of aromatic nitrogens is 1. The van der Waals surface area contributed by atoms with Gasteiger partial charge in [-0.05, 0) is 24.5 Å². The van der Waals surface area contributed by atoms with Crippen LogP contribution in [0.15, 0.2) is 52.4 Å². The number of sulfonamides is 1. The second kappa shape index (κ2) is 4.79. The fourth-order valence-corrected chi connectivity index (χ4v) is 4.05. The van der Waals surface area contributed by atoms with Crippen molar-refractivity contribution in [3.8, 4) is 0 Å². The Hall–Kier alpha value is -2.08. The first kappa shape index (κ1) is 12.9. The second-order valence-electron chi connectivity index (χ2n) is 4.68. The minimum Gasteiger partial charge on any atom is -0.366 e. The van der Waals surface area contributed by atoms with Crippen molar-refractivity contribution in [1.29, 1.82) is 0 Å². The molecule has 0 unspecified atom stereocenters. The summed E-state index contributed by atoms with van der Waals surface area (Å²) in [6, 6.07) is 8.63. The minimum absolute atomic E-state index is 0.211. The molecule has 0 bridgehead atoms. The summed E-state index contributed by atoms with van der Waals surface area (Å²) >= 11 is 0. The van der Waals surface area contributed by atoms with Crippen LogP contribution in [-0.2, 0) is 16.4 Å². The van der Waals surface area contributed by atoms with Crippen LogP contribution in [0.3, 0.4) is 0 Å². The van der Waals surface area contributed by atoms with Gasteiger partial charge in [-0.3, -0.25) is 9.10 Å². The number of H-pyrrole nitrogens is 1. The summed E-state index contributed by atoms with van der Waals surface area (Å²) in [5.41, 5.74) is 1.17. The lowest BCUT2D eigenvalue weighted by molar-refractivity contribution is 0.585. The predicted octanol–water partition coefficient (Wildman–Crippen LogP) is 1.52. The molecule has 0 atom stereocenters. The van der Waals surface area contributed by atoms with Gasteiger partial charge in [-0.1, -0.05) is 18.2 Å². The van der Waals surface area contributed by atoms with Crippen LogP contribution in [0.25, 0.3) is 0 Å². The number of rotatable bonds is 2. The van der Waals surface area contributed by atoms with Crippen molar-refractivity contribution in [2.75, 3.05) is 10.8 Å². The van der Waals surface area contributed by atoms with Crippen LogP contribution in [-0.4, -0.2) is 19.9 Å². The van der Waals surface area contributed by atoms with Gasteiger partial charge in [0.15, 0.2) is 4.90 Å². The van der Waals surface area contributed by atoms with E-state index < -0.39 is 15.5 Å². The number of para-hydroxylation sites is 1. The van der Waals surface area contributed by atoms with Gasteiger partial charge < -0.3 is 4.98 Å². The predicted molar refractivity (Wildman–Crippen MR) is 76.4 cm³/mol. The first-order valence-electron chi connectivity index (χ1n) is 6.38. The lowest BCUT2D eigenvalue weighted by atomic mass is 10.0. The van der Waals surface area contributed by atoms with E-state index in [1.54, 1.807) is 6.07 Å². The molecule has 1 aromatic carbocycles. The Labute approximate surface area is 116 Å². The molecule has 5 nitrogen and oxygen atoms in total. The highest BCUT2D eigenvalue weighted by Crippen LogP contribution is 2.30. The highest BCUT2D eigenvalue weighted by Gasteiger charge is 2.30. The number of anilines is 1. The molecule has 1 aromatic heterocycles. The Morgan fingerprint density at radius 2 is 1.95 bits per heavy atom. The van der Waals surface area contributed by atoms with E-state index in [9.17, 15) is 13.2 Å². The standard InChI is InChI=1S/C14H14N2O3S/c17-13-7-8-15-10-14(13)20(18,19)16-9-3-5-11-4-1-2-6-12(11)16/h1-2,4,6-8,10H,3,5,9H2,(H,15,17). The largest absolute Gasteiger partial charge is 0.366 e. The minimum atomic E-state index is -3.82. The Balaban J connectivity index is 2.15. The highest BCUT2D eigenvalue weighted by molar-refractivity contribution is 7.92. The summed E-state index contributed by atoms with van der Waals surface area (Å²) in [5.74, 6) is 0. The van der Waals surface area contributed by atoms with Crippen molar-refractivity contribution in [1.82, 2.24) is 4.98 Å². The lowest BCUT2D eigenvalue weighted by Gasteiger charge is -2.30. The number of benzene rings is 1. The SMILES string of the molecule is O=c1cc[nH]cc1S(=O)(=O)N1CCCc2ccccc21. The van der Waals surface area contributed by atoms with Crippen molar-refractivity contribution in [3.63, 3.8) is 0 Å². The zero-order valence-electron chi connectivity index (χ0n) is 10.7. The Kier molecular flexibility index (Phi) is 3.10. The summed E-state index contributed by atoms with van der Waals surface area (Å²) in [5, 5.41) is 0. The van der Waals surface area contributed by atoms with Crippen LogP contribution in [0.1, 0.15) is 12.0 Å². The first-order valence-corrected chi connectivity index (χ1v) is 7.82. The van der Waals surface area contributed by atoms with E-state index in [0.717, 1.165) is 18.4 Å². The van der Waals surface area contributed by atoms with Crippen LogP contribution in [0.4, 0.5) is 5.69 Å². The molecule has 0 aliphatic carbocycles. The molecular weight excluding hydrogens is 276 g/mol. The number of nitrogens with zero attached hydrogens (tertiary/aromatic N) is 1. The number of aryl methyl sites for hydroxylation is 1. The number of nitrogens with one attached hydrogen (secondary N) is 1. The molecule has 0 amide bonds. The lowest BCUT2D eigenvalue weighted by Crippen LogP contribution is -2.37. The topological polar surface area (TPSA) is 70.2 Å². The third-order valence-corrected chi connectivity index (χ3v) is 5.26. The quantitative estimate of drug-likeness (QED) is 0.911. The Morgan fingerprint density at radius 1 is 1.15 bits per heavy atom. The molecule has 2 heterocycles. The molecule has 1 N–H and O–H groups in total. The van der Waals surface area contributed by atoms with Gasteiger partial charge in [0, 0.05) is 25.0 Å². The molecule has 1 aliphatic heterocycles. The average molecular weight is 290 g/mol. The maximum absolute atomic E-state index is 12.7. The first-order chi connectivity index (χ1) is 9.60. The molecular formula is C14H14N2O3S. The van der Waals surface area contributed by atoms with Gasteiger partial charge in [-0.25, -0.2) is 8.42 Å². The number of hydrogen-bond donors (Lipinski definition) is 1. The van der Waals surface area contributed by atoms with Gasteiger partial charge in [0.05, 0.1) is 5.69 Å². The van der Waals surface area contributed by atoms with Crippen LogP contribution in [0, 0.1) is 0 Å². The van der Waals surface area contributed by atoms with E-state index >= 15 is 0 Å². The van der Waals surface area contributed by atoms with Crippen LogP contribution in [0.5, 0.6) is 0 Å². The van der Waals surface area contributed by atoms with E-state index in [0.29, 0.717) is 12.2 Å². The maximum atomic E-state index is 12.7. The molecule has 1 aliphatic rings. The van der Waals surface area contributed by atoms with E-state index in [-0.39, 0.29) is 4.90 Å². The third kappa shape index (κ3) is 2.02. The van der Waals surface area contributed by atoms with Gasteiger partial charge in [-0.15, -0.1) is 0 Å². The molecule has 20 heavy (non-hydrogen) atoms. The summed E-state index contributed by atoms with van der Waals surface area (Å²) in [4.78, 5) is 14.2. The summed E-state index contributed by atoms with van der Waals surface area (Å²) in [6.07, 6.45) is 4.27. The third-order valence-electron chi connectivity index (χ3n) is 3.42. The molecule has 0 fully saturated rings. The van der Waals surface area contributed by atoms with Gasteiger partial charge in [0.2, 0.25) is 5.43 Å². The van der Waals surface area contributed by atoms with Crippen molar-refractivity contribution in [3.05, 3.63) is 58.5 Å². The number of pyridine rings is 1. The number of fused-ring (bicyclic) bond motifs is 1. The van der Waals surface area contributed by atoms with Gasteiger partial charge in [0.1, 0.15) is 0 Å². The highest BCUT2D eigenvalue weighted by atomic mass is 32.2. The zero-order chi connectivity index (χ0) is 14.2. The van der Waals surface area contributed by atoms with Crippen LogP contribution in [0.2, 0.25) is 0 Å². The van der Waals surface area contributed by atoms with Crippen LogP contribution >= 0.6 is 0 Å². The molecule has 3 rings (SSSR count). The smallest absolute Gasteiger partial charge is 0.269 e. The van der Waals surface area contributed by atoms with Crippen molar-refractivity contribution >= 4 is 15.7 Å². The van der Waals surface area contributed by atoms with Gasteiger partial charge in [0.25, 0.3) is 10.0 Å². The van der Waals surface area contributed by atoms with Crippen molar-refractivity contribution in [2.45, 2.75) is 17.7 Å². The normalized spacial score (nSPS) is 14.9. The molecule has 0 radical (unpaired) electrons. The Morgan fingerprint density at radius 3 is 2.75 bits per heavy atom. The number of hydrogen-bond acceptors (Lipinski definition) is 3. The number of aromatic amines is 1. The summed E-state index contributed by atoms with van der Waals surface area (Å²) < 4.78 is 26.7. The second-order valence-corrected chi connectivity index (χ2v) is 6.51. The van der Waals surface area contributed by atoms with E-state index in [1.165, 1.54) is 22.8 Å². The monoisotopic (exact) mass is 290 g/mol. The summed E-state index contributed by atoms with van der Waals surface area (Å²) in [7, 11) is -3.82. The fraction of sp³-hybridized carbons (Fsp3) is 0.214. The van der Waals surface area contributed by atoms with E-state index in [4.69, 9.17) is 0 Å². The molecule has 0 saturated heterocycles. The Bertz CT molecular complexity index is 796. The van der Waals surface area contributed by atoms with Gasteiger partial charge >= 0.3 is 0 Å². The molecule has 104 valence electrons. The average Bonchev–Trinajstić information content (AvgIpc) is 2.47. The molecule has 2 aromatic rings. The molecule has 6 heteroatoms. The van der Waals surface area contributed by atoms with Gasteiger partial charge in [-0.2, -0.15) is 0 Å². The zero-order valence-corrected chi connectivity index (χ0v) is 11.6. The van der Waals surface area contributed by atoms with Crippen LogP contribution < -0.4 is 9.73 Å². The van der Waals surface area contributed by atoms with E-state index in [1.807, 2.05) is 18.2 Å². The van der Waals surface area contributed by atoms with E-state index in [2.05, 4.69) is 4.98 Å². The van der Waals surface area contributed by atoms with Crippen molar-refractivity contribution < 1.29 is 8.42 Å². The maximum Gasteiger partial charge on any atom is 0.269 e. The fourth-order valence-electron chi connectivity index (χ4n) is 2.47. The summed E-state index contributed by atoms with van der Waals surface area (Å²) in [6.45, 7) is 0.397.